The Labute approximate surface area is 183 Å². The van der Waals surface area contributed by atoms with E-state index in [2.05, 4.69) is 4.98 Å². The minimum absolute atomic E-state index is 0.0668. The summed E-state index contributed by atoms with van der Waals surface area (Å²) in [7, 11) is 0. The van der Waals surface area contributed by atoms with Crippen LogP contribution in [0.3, 0.4) is 0 Å². The van der Waals surface area contributed by atoms with E-state index in [-0.39, 0.29) is 23.3 Å². The van der Waals surface area contributed by atoms with Crippen molar-refractivity contribution in [3.63, 3.8) is 0 Å². The summed E-state index contributed by atoms with van der Waals surface area (Å²) in [6.45, 7) is 3.43. The van der Waals surface area contributed by atoms with Crippen molar-refractivity contribution in [3.8, 4) is 5.75 Å². The van der Waals surface area contributed by atoms with Crippen LogP contribution >= 0.6 is 0 Å². The molecule has 1 amide bonds. The Morgan fingerprint density at radius 1 is 1.16 bits per heavy atom. The number of rotatable bonds is 5. The molecule has 2 heterocycles. The highest BCUT2D eigenvalue weighted by Gasteiger charge is 2.42. The number of phenolic OH excluding ortho intramolecular Hbond substituents is 1. The molecular weight excluding hydrogens is 412 g/mol. The summed E-state index contributed by atoms with van der Waals surface area (Å²) >= 11 is 0. The van der Waals surface area contributed by atoms with Crippen molar-refractivity contribution in [2.24, 2.45) is 0 Å². The highest BCUT2D eigenvalue weighted by Crippen LogP contribution is 2.39. The number of nitrogens with zero attached hydrogens (tertiary/aromatic N) is 1. The van der Waals surface area contributed by atoms with E-state index in [0.717, 1.165) is 16.5 Å². The number of carbonyl (C=O) groups excluding carboxylic acids is 4. The number of amides is 1. The number of benzene rings is 2. The zero-order valence-corrected chi connectivity index (χ0v) is 17.6. The largest absolute Gasteiger partial charge is 0.508 e. The average Bonchev–Trinajstić information content (AvgIpc) is 3.28. The molecule has 2 aromatic carbocycles. The maximum Gasteiger partial charge on any atom is 0.373 e. The molecule has 1 aromatic heterocycles. The van der Waals surface area contributed by atoms with Gasteiger partial charge in [-0.2, -0.15) is 9.59 Å². The van der Waals surface area contributed by atoms with E-state index in [9.17, 15) is 19.8 Å². The number of fused-ring (bicyclic) bond motifs is 1. The van der Waals surface area contributed by atoms with Gasteiger partial charge in [0.15, 0.2) is 11.5 Å². The number of H-pyrrole nitrogens is 1. The standard InChI is InChI=1S/C23H22N2O4.CO2/c1-13-7-8-15(11-19(13)27)21-20(14(2)26)22(28)23(29)25(21)10-9-16-12-24-18-6-4-3-5-17(16)18;2-1-3/h3-8,11-12,21,24,27-28H,9-10H2,1-2H3;. The molecule has 0 saturated heterocycles. The molecule has 0 saturated carbocycles. The molecule has 1 atom stereocenters. The van der Waals surface area contributed by atoms with Gasteiger partial charge in [-0.1, -0.05) is 30.3 Å². The van der Waals surface area contributed by atoms with Crippen LogP contribution in [0, 0.1) is 6.92 Å². The van der Waals surface area contributed by atoms with Gasteiger partial charge in [-0.25, -0.2) is 0 Å². The maximum absolute atomic E-state index is 12.8. The molecule has 8 heteroatoms. The second-order valence-electron chi connectivity index (χ2n) is 7.46. The third-order valence-corrected chi connectivity index (χ3v) is 5.53. The van der Waals surface area contributed by atoms with E-state index in [1.54, 1.807) is 25.1 Å². The second-order valence-corrected chi connectivity index (χ2v) is 7.46. The summed E-state index contributed by atoms with van der Waals surface area (Å²) in [5, 5.41) is 21.6. The number of hydrogen-bond acceptors (Lipinski definition) is 6. The summed E-state index contributed by atoms with van der Waals surface area (Å²) in [6.07, 6.45) is 2.72. The molecule has 8 nitrogen and oxygen atoms in total. The number of phenols is 1. The first-order valence-corrected chi connectivity index (χ1v) is 9.89. The Bertz CT molecular complexity index is 1250. The zero-order valence-electron chi connectivity index (χ0n) is 17.6. The van der Waals surface area contributed by atoms with E-state index in [1.807, 2.05) is 30.5 Å². The van der Waals surface area contributed by atoms with Crippen LogP contribution in [0.2, 0.25) is 0 Å². The molecule has 1 aliphatic heterocycles. The normalized spacial score (nSPS) is 15.5. The van der Waals surface area contributed by atoms with Gasteiger partial charge < -0.3 is 20.1 Å². The zero-order chi connectivity index (χ0) is 23.4. The van der Waals surface area contributed by atoms with Crippen LogP contribution in [-0.4, -0.2) is 44.5 Å². The Kier molecular flexibility index (Phi) is 6.56. The number of hydrogen-bond donors (Lipinski definition) is 3. The first-order chi connectivity index (χ1) is 15.3. The van der Waals surface area contributed by atoms with Gasteiger partial charge in [0.25, 0.3) is 5.91 Å². The fraction of sp³-hybridized carbons (Fsp3) is 0.208. The first-order valence-electron chi connectivity index (χ1n) is 9.89. The SMILES string of the molecule is CC(=O)C1=C(O)C(=O)N(CCc2c[nH]c3ccccc23)C1c1ccc(C)c(O)c1.O=C=O. The number of nitrogens with one attached hydrogen (secondary N) is 1. The minimum Gasteiger partial charge on any atom is -0.508 e. The van der Waals surface area contributed by atoms with E-state index >= 15 is 0 Å². The van der Waals surface area contributed by atoms with Crippen LogP contribution in [0.15, 0.2) is 60.0 Å². The number of ketones is 1. The van der Waals surface area contributed by atoms with Crippen molar-refractivity contribution in [1.82, 2.24) is 9.88 Å². The maximum atomic E-state index is 12.8. The number of aryl methyl sites for hydroxylation is 1. The highest BCUT2D eigenvalue weighted by atomic mass is 16.3. The lowest BCUT2D eigenvalue weighted by Gasteiger charge is -2.27. The molecule has 0 bridgehead atoms. The summed E-state index contributed by atoms with van der Waals surface area (Å²) in [6, 6.07) is 12.2. The molecule has 0 fully saturated rings. The topological polar surface area (TPSA) is 128 Å². The van der Waals surface area contributed by atoms with Crippen LogP contribution in [0.1, 0.15) is 29.7 Å². The van der Waals surface area contributed by atoms with Crippen LogP contribution in [0.4, 0.5) is 0 Å². The van der Waals surface area contributed by atoms with Crippen molar-refractivity contribution >= 4 is 28.7 Å². The van der Waals surface area contributed by atoms with Gasteiger partial charge in [0.1, 0.15) is 5.75 Å². The van der Waals surface area contributed by atoms with Gasteiger partial charge in [0.2, 0.25) is 0 Å². The molecule has 3 N–H and O–H groups in total. The summed E-state index contributed by atoms with van der Waals surface area (Å²) in [5.74, 6) is -1.36. The number of aromatic amines is 1. The number of aromatic hydroxyl groups is 1. The Hall–Kier alpha value is -4.16. The van der Waals surface area contributed by atoms with Crippen LogP contribution in [-0.2, 0) is 25.6 Å². The number of carbonyl (C=O) groups is 2. The van der Waals surface area contributed by atoms with Gasteiger partial charge in [-0.3, -0.25) is 9.59 Å². The third kappa shape index (κ3) is 4.17. The minimum atomic E-state index is -0.725. The first kappa shape index (κ1) is 22.5. The molecule has 0 spiro atoms. The van der Waals surface area contributed by atoms with E-state index in [0.29, 0.717) is 24.1 Å². The molecule has 4 rings (SSSR count). The molecular formula is C24H22N2O6. The molecule has 1 aliphatic rings. The van der Waals surface area contributed by atoms with E-state index < -0.39 is 17.7 Å². The van der Waals surface area contributed by atoms with Crippen LogP contribution in [0.25, 0.3) is 10.9 Å². The number of Topliss-reactive ketones (excluding diaryl/α,β-unsaturated/α-hetero) is 1. The molecule has 0 aliphatic carbocycles. The highest BCUT2D eigenvalue weighted by molar-refractivity contribution is 6.08. The lowest BCUT2D eigenvalue weighted by Crippen LogP contribution is -2.32. The van der Waals surface area contributed by atoms with Crippen molar-refractivity contribution < 1.29 is 29.4 Å². The Balaban J connectivity index is 0.000000913. The van der Waals surface area contributed by atoms with Crippen LogP contribution in [0.5, 0.6) is 5.75 Å². The fourth-order valence-corrected chi connectivity index (χ4v) is 3.97. The van der Waals surface area contributed by atoms with Gasteiger partial charge in [-0.05, 0) is 49.1 Å². The summed E-state index contributed by atoms with van der Waals surface area (Å²) in [4.78, 5) is 46.0. The van der Waals surface area contributed by atoms with Gasteiger partial charge in [0.05, 0.1) is 11.6 Å². The smallest absolute Gasteiger partial charge is 0.373 e. The fourth-order valence-electron chi connectivity index (χ4n) is 3.97. The van der Waals surface area contributed by atoms with Crippen molar-refractivity contribution in [3.05, 3.63) is 76.7 Å². The van der Waals surface area contributed by atoms with Crippen molar-refractivity contribution in [2.45, 2.75) is 26.3 Å². The Morgan fingerprint density at radius 2 is 1.84 bits per heavy atom. The molecule has 3 aromatic rings. The molecule has 1 unspecified atom stereocenters. The molecule has 0 radical (unpaired) electrons. The predicted molar refractivity (Wildman–Crippen MR) is 115 cm³/mol. The van der Waals surface area contributed by atoms with Gasteiger partial charge in [-0.15, -0.1) is 0 Å². The monoisotopic (exact) mass is 434 g/mol. The number of aromatic nitrogens is 1. The second kappa shape index (κ2) is 9.32. The third-order valence-electron chi connectivity index (χ3n) is 5.53. The lowest BCUT2D eigenvalue weighted by atomic mass is 9.95. The Morgan fingerprint density at radius 3 is 2.50 bits per heavy atom. The quantitative estimate of drug-likeness (QED) is 0.566. The lowest BCUT2D eigenvalue weighted by molar-refractivity contribution is -0.191. The van der Waals surface area contributed by atoms with E-state index in [1.165, 1.54) is 11.8 Å². The number of aliphatic hydroxyl groups is 1. The van der Waals surface area contributed by atoms with Crippen molar-refractivity contribution in [2.75, 3.05) is 6.54 Å². The van der Waals surface area contributed by atoms with Gasteiger partial charge in [0, 0.05) is 23.6 Å². The number of para-hydroxylation sites is 1. The predicted octanol–water partition coefficient (Wildman–Crippen LogP) is 3.13. The van der Waals surface area contributed by atoms with Crippen molar-refractivity contribution in [1.29, 1.82) is 0 Å². The average molecular weight is 434 g/mol. The van der Waals surface area contributed by atoms with Crippen LogP contribution < -0.4 is 0 Å². The summed E-state index contributed by atoms with van der Waals surface area (Å²) < 4.78 is 0. The summed E-state index contributed by atoms with van der Waals surface area (Å²) in [5.41, 5.74) is 3.42. The van der Waals surface area contributed by atoms with E-state index in [4.69, 9.17) is 9.59 Å². The molecule has 164 valence electrons. The molecule has 32 heavy (non-hydrogen) atoms. The van der Waals surface area contributed by atoms with Gasteiger partial charge >= 0.3 is 6.15 Å². The number of aliphatic hydroxyl groups excluding tert-OH is 1.